The van der Waals surface area contributed by atoms with Crippen molar-refractivity contribution in [2.24, 2.45) is 5.92 Å². The van der Waals surface area contributed by atoms with Crippen molar-refractivity contribution in [2.45, 2.75) is 38.8 Å². The SMILES string of the molecule is CSCC[C@H](NC(=O)C1=C(c2ccccc2C)C(CCN(Cc2ccc(NCCO)cc2)c2ccccc2)CC=C1)C(=O)O. The van der Waals surface area contributed by atoms with Crippen molar-refractivity contribution in [1.29, 1.82) is 0 Å². The summed E-state index contributed by atoms with van der Waals surface area (Å²) in [6.07, 6.45) is 7.81. The number of nitrogens with zero attached hydrogens (tertiary/aromatic N) is 1. The first-order chi connectivity index (χ1) is 21.4. The van der Waals surface area contributed by atoms with Crippen molar-refractivity contribution in [3.63, 3.8) is 0 Å². The molecule has 7 nitrogen and oxygen atoms in total. The lowest BCUT2D eigenvalue weighted by Crippen LogP contribution is -2.42. The van der Waals surface area contributed by atoms with Gasteiger partial charge in [-0.1, -0.05) is 66.7 Å². The first kappa shape index (κ1) is 32.9. The maximum atomic E-state index is 13.7. The van der Waals surface area contributed by atoms with Crippen LogP contribution in [0.4, 0.5) is 11.4 Å². The lowest BCUT2D eigenvalue weighted by atomic mass is 9.79. The average molecular weight is 614 g/mol. The molecule has 0 radical (unpaired) electrons. The number of carbonyl (C=O) groups excluding carboxylic acids is 1. The zero-order valence-corrected chi connectivity index (χ0v) is 26.4. The molecule has 1 unspecified atom stereocenters. The van der Waals surface area contributed by atoms with Gasteiger partial charge in [0.25, 0.3) is 5.91 Å². The minimum Gasteiger partial charge on any atom is -0.480 e. The van der Waals surface area contributed by atoms with E-state index in [1.807, 2.05) is 60.9 Å². The maximum absolute atomic E-state index is 13.7. The molecule has 1 aliphatic rings. The monoisotopic (exact) mass is 613 g/mol. The Kier molecular flexibility index (Phi) is 12.5. The van der Waals surface area contributed by atoms with Crippen LogP contribution in [0.5, 0.6) is 0 Å². The van der Waals surface area contributed by atoms with Crippen LogP contribution in [-0.4, -0.2) is 59.8 Å². The third kappa shape index (κ3) is 9.00. The van der Waals surface area contributed by atoms with E-state index in [1.54, 1.807) is 11.8 Å². The summed E-state index contributed by atoms with van der Waals surface area (Å²) in [4.78, 5) is 28.0. The van der Waals surface area contributed by atoms with Gasteiger partial charge in [0, 0.05) is 36.6 Å². The van der Waals surface area contributed by atoms with E-state index in [-0.39, 0.29) is 18.4 Å². The Morgan fingerprint density at radius 2 is 1.75 bits per heavy atom. The summed E-state index contributed by atoms with van der Waals surface area (Å²) in [6, 6.07) is 25.8. The molecule has 2 atom stereocenters. The highest BCUT2D eigenvalue weighted by atomic mass is 32.2. The molecule has 4 N–H and O–H groups in total. The number of thioether (sulfide) groups is 1. The van der Waals surface area contributed by atoms with Crippen molar-refractivity contribution in [1.82, 2.24) is 5.32 Å². The molecule has 0 bridgehead atoms. The lowest BCUT2D eigenvalue weighted by molar-refractivity contribution is -0.141. The van der Waals surface area contributed by atoms with Crippen LogP contribution in [0, 0.1) is 12.8 Å². The number of aliphatic carboxylic acids is 1. The zero-order valence-electron chi connectivity index (χ0n) is 25.5. The summed E-state index contributed by atoms with van der Waals surface area (Å²) >= 11 is 1.56. The zero-order chi connectivity index (χ0) is 31.3. The predicted octanol–water partition coefficient (Wildman–Crippen LogP) is 6.15. The summed E-state index contributed by atoms with van der Waals surface area (Å²) in [7, 11) is 0. The number of benzene rings is 3. The highest BCUT2D eigenvalue weighted by Gasteiger charge is 2.29. The molecule has 8 heteroatoms. The van der Waals surface area contributed by atoms with Crippen LogP contribution >= 0.6 is 11.8 Å². The molecule has 3 aromatic carbocycles. The fraction of sp³-hybridized carbons (Fsp3) is 0.333. The van der Waals surface area contributed by atoms with Crippen LogP contribution in [0.3, 0.4) is 0 Å². The first-order valence-electron chi connectivity index (χ1n) is 15.1. The number of aliphatic hydroxyl groups excluding tert-OH is 1. The Hall–Kier alpha value is -4.01. The number of amides is 1. The number of rotatable bonds is 16. The molecule has 0 aliphatic heterocycles. The van der Waals surface area contributed by atoms with E-state index in [9.17, 15) is 14.7 Å². The van der Waals surface area contributed by atoms with E-state index in [0.29, 0.717) is 24.3 Å². The average Bonchev–Trinajstić information content (AvgIpc) is 3.05. The molecule has 3 aromatic rings. The molecule has 0 spiro atoms. The largest absolute Gasteiger partial charge is 0.480 e. The summed E-state index contributed by atoms with van der Waals surface area (Å²) < 4.78 is 0. The number of hydrogen-bond donors (Lipinski definition) is 4. The molecule has 0 saturated carbocycles. The van der Waals surface area contributed by atoms with E-state index < -0.39 is 12.0 Å². The van der Waals surface area contributed by atoms with E-state index in [1.165, 1.54) is 5.56 Å². The molecular formula is C36H43N3O4S. The van der Waals surface area contributed by atoms with E-state index in [2.05, 4.69) is 58.9 Å². The molecule has 0 heterocycles. The highest BCUT2D eigenvalue weighted by Crippen LogP contribution is 2.38. The molecule has 4 rings (SSSR count). The number of nitrogens with one attached hydrogen (secondary N) is 2. The number of anilines is 2. The lowest BCUT2D eigenvalue weighted by Gasteiger charge is -2.31. The molecular weight excluding hydrogens is 570 g/mol. The third-order valence-corrected chi connectivity index (χ3v) is 8.58. The summed E-state index contributed by atoms with van der Waals surface area (Å²) in [5, 5.41) is 24.9. The van der Waals surface area contributed by atoms with Gasteiger partial charge in [-0.05, 0) is 90.6 Å². The van der Waals surface area contributed by atoms with Crippen molar-refractivity contribution < 1.29 is 19.8 Å². The number of carbonyl (C=O) groups is 2. The molecule has 232 valence electrons. The van der Waals surface area contributed by atoms with Crippen LogP contribution in [-0.2, 0) is 16.1 Å². The second kappa shape index (κ2) is 16.7. The Morgan fingerprint density at radius 3 is 2.43 bits per heavy atom. The van der Waals surface area contributed by atoms with Gasteiger partial charge in [0.15, 0.2) is 0 Å². The van der Waals surface area contributed by atoms with E-state index in [0.717, 1.165) is 54.0 Å². The van der Waals surface area contributed by atoms with Gasteiger partial charge in [-0.2, -0.15) is 11.8 Å². The number of aryl methyl sites for hydroxylation is 1. The van der Waals surface area contributed by atoms with Crippen LogP contribution < -0.4 is 15.5 Å². The number of allylic oxidation sites excluding steroid dienone is 2. The topological polar surface area (TPSA) is 102 Å². The van der Waals surface area contributed by atoms with Gasteiger partial charge in [0.2, 0.25) is 0 Å². The third-order valence-electron chi connectivity index (χ3n) is 7.93. The first-order valence-corrected chi connectivity index (χ1v) is 16.5. The Labute approximate surface area is 265 Å². The highest BCUT2D eigenvalue weighted by molar-refractivity contribution is 7.98. The molecule has 1 amide bonds. The Morgan fingerprint density at radius 1 is 1.02 bits per heavy atom. The van der Waals surface area contributed by atoms with E-state index in [4.69, 9.17) is 5.11 Å². The molecule has 0 saturated heterocycles. The fourth-order valence-electron chi connectivity index (χ4n) is 5.61. The van der Waals surface area contributed by atoms with Gasteiger partial charge in [-0.15, -0.1) is 0 Å². The smallest absolute Gasteiger partial charge is 0.326 e. The molecule has 1 aliphatic carbocycles. The van der Waals surface area contributed by atoms with E-state index >= 15 is 0 Å². The minimum absolute atomic E-state index is 0.0765. The summed E-state index contributed by atoms with van der Waals surface area (Å²) in [5.41, 5.74) is 6.90. The van der Waals surface area contributed by atoms with Gasteiger partial charge in [0.05, 0.1) is 6.61 Å². The van der Waals surface area contributed by atoms with Crippen molar-refractivity contribution in [2.75, 3.05) is 41.9 Å². The second-order valence-corrected chi connectivity index (χ2v) is 12.0. The van der Waals surface area contributed by atoms with Crippen molar-refractivity contribution >= 4 is 40.6 Å². The number of carboxylic acids is 1. The van der Waals surface area contributed by atoms with Crippen molar-refractivity contribution in [3.05, 3.63) is 113 Å². The number of aliphatic hydroxyl groups is 1. The molecule has 0 fully saturated rings. The Bertz CT molecular complexity index is 1440. The molecule has 0 aromatic heterocycles. The second-order valence-electron chi connectivity index (χ2n) is 11.0. The number of hydrogen-bond acceptors (Lipinski definition) is 6. The van der Waals surface area contributed by atoms with Gasteiger partial charge < -0.3 is 25.7 Å². The minimum atomic E-state index is -1.02. The van der Waals surface area contributed by atoms with Gasteiger partial charge in [-0.25, -0.2) is 4.79 Å². The van der Waals surface area contributed by atoms with Crippen molar-refractivity contribution in [3.8, 4) is 0 Å². The van der Waals surface area contributed by atoms with Crippen LogP contribution in [0.25, 0.3) is 5.57 Å². The van der Waals surface area contributed by atoms with Gasteiger partial charge in [0.1, 0.15) is 6.04 Å². The van der Waals surface area contributed by atoms with Crippen LogP contribution in [0.1, 0.15) is 36.0 Å². The fourth-order valence-corrected chi connectivity index (χ4v) is 6.08. The maximum Gasteiger partial charge on any atom is 0.326 e. The summed E-state index contributed by atoms with van der Waals surface area (Å²) in [6.45, 7) is 4.14. The number of para-hydroxylation sites is 1. The predicted molar refractivity (Wildman–Crippen MR) is 182 cm³/mol. The van der Waals surface area contributed by atoms with Gasteiger partial charge in [-0.3, -0.25) is 4.79 Å². The summed E-state index contributed by atoms with van der Waals surface area (Å²) in [5.74, 6) is -0.631. The number of carboxylic acid groups (broad SMARTS) is 1. The normalized spacial score (nSPS) is 15.1. The van der Waals surface area contributed by atoms with Crippen LogP contribution in [0.2, 0.25) is 0 Å². The molecule has 44 heavy (non-hydrogen) atoms. The van der Waals surface area contributed by atoms with Gasteiger partial charge >= 0.3 is 5.97 Å². The standard InChI is InChI=1S/C36H43N3O4S/c1-26-9-6-7-13-31(26)34-28(10-8-14-32(34)35(41)38-33(36(42)43)20-24-44-2)19-22-39(30-11-4-3-5-12-30)25-27-15-17-29(18-16-27)37-21-23-40/h3-9,11-18,28,33,37,40H,10,19-25H2,1-2H3,(H,38,41)(H,42,43)/t28?,33-/m0/s1. The quantitative estimate of drug-likeness (QED) is 0.154. The Balaban J connectivity index is 1.61. The van der Waals surface area contributed by atoms with Crippen LogP contribution in [0.15, 0.2) is 96.6 Å².